The molecule has 4 aromatic rings. The highest BCUT2D eigenvalue weighted by molar-refractivity contribution is 7.91. The molecule has 33 heavy (non-hydrogen) atoms. The molecule has 12 heteroatoms. The van der Waals surface area contributed by atoms with Crippen LogP contribution in [-0.4, -0.2) is 58.4 Å². The maximum atomic E-state index is 13.7. The second-order valence-electron chi connectivity index (χ2n) is 8.01. The van der Waals surface area contributed by atoms with Gasteiger partial charge in [0.2, 0.25) is 9.84 Å². The standard InChI is InChI=1S/C21H22N6O5S/c1-11-5-3-4-6-15(11)33(30,31)20-16-17(14-7-8-23-18(14)25-20)27(19(24-16)12(2)28)26-9-13(10-26)32-21(22)29/h3-8,12-13,28H,9-10H2,1-2H3,(H2,22,29)(H,23,25)/t12-/m0/s1. The van der Waals surface area contributed by atoms with Crippen molar-refractivity contribution >= 4 is 38.0 Å². The second-order valence-corrected chi connectivity index (χ2v) is 9.84. The molecule has 0 saturated carbocycles. The average molecular weight is 471 g/mol. The number of H-pyrrole nitrogens is 1. The van der Waals surface area contributed by atoms with Crippen molar-refractivity contribution in [3.05, 3.63) is 47.9 Å². The number of nitrogens with two attached hydrogens (primary N) is 1. The number of aliphatic hydroxyl groups is 1. The number of nitrogens with zero attached hydrogens (tertiary/aromatic N) is 4. The first-order valence-electron chi connectivity index (χ1n) is 10.3. The predicted molar refractivity (Wildman–Crippen MR) is 119 cm³/mol. The number of imidazole rings is 1. The SMILES string of the molecule is Cc1ccccc1S(=O)(=O)c1nc2[nH]ccc2c2c1nc([C@H](C)O)n2N1CC(OC(N)=O)C1. The fourth-order valence-corrected chi connectivity index (χ4v) is 5.71. The highest BCUT2D eigenvalue weighted by Crippen LogP contribution is 2.35. The smallest absolute Gasteiger partial charge is 0.404 e. The third-order valence-electron chi connectivity index (χ3n) is 5.68. The van der Waals surface area contributed by atoms with Gasteiger partial charge >= 0.3 is 6.09 Å². The molecule has 1 saturated heterocycles. The Morgan fingerprint density at radius 1 is 1.27 bits per heavy atom. The molecule has 1 aliphatic heterocycles. The molecule has 0 bridgehead atoms. The quantitative estimate of drug-likeness (QED) is 0.396. The van der Waals surface area contributed by atoms with Crippen LogP contribution in [0.4, 0.5) is 4.79 Å². The first-order valence-corrected chi connectivity index (χ1v) is 11.8. The van der Waals surface area contributed by atoms with E-state index in [1.807, 2.05) is 5.01 Å². The van der Waals surface area contributed by atoms with Crippen LogP contribution >= 0.6 is 0 Å². The third-order valence-corrected chi connectivity index (χ3v) is 7.51. The van der Waals surface area contributed by atoms with E-state index >= 15 is 0 Å². The number of nitrogens with one attached hydrogen (secondary N) is 1. The number of amides is 1. The van der Waals surface area contributed by atoms with E-state index in [4.69, 9.17) is 10.5 Å². The minimum Gasteiger partial charge on any atom is -0.442 e. The molecule has 172 valence electrons. The number of aromatic nitrogens is 4. The summed E-state index contributed by atoms with van der Waals surface area (Å²) in [4.78, 5) is 23.2. The van der Waals surface area contributed by atoms with Crippen LogP contribution in [0, 0.1) is 6.92 Å². The molecule has 1 aromatic carbocycles. The number of fused-ring (bicyclic) bond motifs is 3. The van der Waals surface area contributed by atoms with Gasteiger partial charge in [-0.05, 0) is 31.5 Å². The zero-order valence-electron chi connectivity index (χ0n) is 17.9. The number of aromatic amines is 1. The molecule has 5 rings (SSSR count). The Balaban J connectivity index is 1.77. The van der Waals surface area contributed by atoms with Crippen LogP contribution in [-0.2, 0) is 14.6 Å². The van der Waals surface area contributed by atoms with Crippen molar-refractivity contribution in [3.63, 3.8) is 0 Å². The number of aliphatic hydroxyl groups excluding tert-OH is 1. The van der Waals surface area contributed by atoms with Gasteiger partial charge in [0, 0.05) is 11.6 Å². The number of carbonyl (C=O) groups excluding carboxylic acids is 1. The van der Waals surface area contributed by atoms with Crippen molar-refractivity contribution in [2.45, 2.75) is 36.0 Å². The van der Waals surface area contributed by atoms with E-state index in [-0.39, 0.29) is 21.3 Å². The summed E-state index contributed by atoms with van der Waals surface area (Å²) in [6, 6.07) is 8.44. The van der Waals surface area contributed by atoms with Crippen LogP contribution in [0.15, 0.2) is 46.5 Å². The number of ether oxygens (including phenoxy) is 1. The average Bonchev–Trinajstić information content (AvgIpc) is 3.34. The number of aryl methyl sites for hydroxylation is 1. The molecule has 11 nitrogen and oxygen atoms in total. The zero-order valence-corrected chi connectivity index (χ0v) is 18.7. The Kier molecular flexibility index (Phi) is 4.79. The summed E-state index contributed by atoms with van der Waals surface area (Å²) in [5.74, 6) is 0.249. The van der Waals surface area contributed by atoms with Crippen molar-refractivity contribution in [2.75, 3.05) is 18.1 Å². The second kappa shape index (κ2) is 7.46. The monoisotopic (exact) mass is 470 g/mol. The van der Waals surface area contributed by atoms with E-state index in [0.29, 0.717) is 35.2 Å². The van der Waals surface area contributed by atoms with Crippen molar-refractivity contribution < 1.29 is 23.1 Å². The number of pyridine rings is 1. The van der Waals surface area contributed by atoms with Crippen molar-refractivity contribution in [1.82, 2.24) is 19.6 Å². The molecule has 1 amide bonds. The van der Waals surface area contributed by atoms with Gasteiger partial charge < -0.3 is 25.6 Å². The lowest BCUT2D eigenvalue weighted by atomic mass is 10.2. The maximum Gasteiger partial charge on any atom is 0.404 e. The van der Waals surface area contributed by atoms with Crippen molar-refractivity contribution in [1.29, 1.82) is 0 Å². The molecule has 0 spiro atoms. The number of hydrogen-bond acceptors (Lipinski definition) is 8. The minimum absolute atomic E-state index is 0.136. The van der Waals surface area contributed by atoms with Gasteiger partial charge in [0.25, 0.3) is 0 Å². The van der Waals surface area contributed by atoms with E-state index in [1.54, 1.807) is 49.0 Å². The largest absolute Gasteiger partial charge is 0.442 e. The summed E-state index contributed by atoms with van der Waals surface area (Å²) in [5, 5.41) is 12.7. The van der Waals surface area contributed by atoms with Gasteiger partial charge in [0.05, 0.1) is 18.0 Å². The number of hydrogen-bond donors (Lipinski definition) is 3. The summed E-state index contributed by atoms with van der Waals surface area (Å²) in [6.07, 6.45) is -0.623. The Morgan fingerprint density at radius 2 is 2.00 bits per heavy atom. The number of carbonyl (C=O) groups is 1. The van der Waals surface area contributed by atoms with E-state index in [9.17, 15) is 18.3 Å². The molecular weight excluding hydrogens is 448 g/mol. The highest BCUT2D eigenvalue weighted by atomic mass is 32.2. The fraction of sp³-hybridized carbons (Fsp3) is 0.286. The van der Waals surface area contributed by atoms with E-state index in [1.165, 1.54) is 6.07 Å². The molecule has 3 aromatic heterocycles. The van der Waals surface area contributed by atoms with Crippen molar-refractivity contribution in [3.8, 4) is 0 Å². The van der Waals surface area contributed by atoms with E-state index < -0.39 is 28.1 Å². The lowest BCUT2D eigenvalue weighted by Gasteiger charge is -2.41. The van der Waals surface area contributed by atoms with Crippen LogP contribution in [0.2, 0.25) is 0 Å². The normalized spacial score (nSPS) is 15.7. The van der Waals surface area contributed by atoms with E-state index in [0.717, 1.165) is 0 Å². The van der Waals surface area contributed by atoms with Gasteiger partial charge in [-0.15, -0.1) is 0 Å². The maximum absolute atomic E-state index is 13.7. The highest BCUT2D eigenvalue weighted by Gasteiger charge is 2.36. The van der Waals surface area contributed by atoms with Gasteiger partial charge in [-0.2, -0.15) is 0 Å². The molecular formula is C21H22N6O5S. The van der Waals surface area contributed by atoms with Gasteiger partial charge in [0.15, 0.2) is 10.9 Å². The number of benzene rings is 1. The van der Waals surface area contributed by atoms with Gasteiger partial charge in [-0.1, -0.05) is 18.2 Å². The lowest BCUT2D eigenvalue weighted by molar-refractivity contribution is 0.0754. The third kappa shape index (κ3) is 3.29. The Hall–Kier alpha value is -3.64. The topological polar surface area (TPSA) is 156 Å². The first kappa shape index (κ1) is 21.2. The molecule has 1 fully saturated rings. The molecule has 0 unspecified atom stereocenters. The van der Waals surface area contributed by atoms with Crippen LogP contribution < -0.4 is 10.7 Å². The number of rotatable bonds is 5. The number of primary amides is 1. The number of sulfone groups is 1. The van der Waals surface area contributed by atoms with Gasteiger partial charge in [0.1, 0.15) is 28.9 Å². The van der Waals surface area contributed by atoms with E-state index in [2.05, 4.69) is 15.0 Å². The lowest BCUT2D eigenvalue weighted by Crippen LogP contribution is -2.59. The summed E-state index contributed by atoms with van der Waals surface area (Å²) >= 11 is 0. The van der Waals surface area contributed by atoms with Crippen LogP contribution in [0.1, 0.15) is 24.4 Å². The van der Waals surface area contributed by atoms with Crippen LogP contribution in [0.25, 0.3) is 22.1 Å². The Bertz CT molecular complexity index is 1500. The molecule has 4 heterocycles. The van der Waals surface area contributed by atoms with Crippen LogP contribution in [0.5, 0.6) is 0 Å². The predicted octanol–water partition coefficient (Wildman–Crippen LogP) is 1.52. The van der Waals surface area contributed by atoms with Gasteiger partial charge in [-0.3, -0.25) is 0 Å². The van der Waals surface area contributed by atoms with Gasteiger partial charge in [-0.25, -0.2) is 27.9 Å². The van der Waals surface area contributed by atoms with Crippen molar-refractivity contribution in [2.24, 2.45) is 5.73 Å². The summed E-state index contributed by atoms with van der Waals surface area (Å²) in [7, 11) is -4.03. The summed E-state index contributed by atoms with van der Waals surface area (Å²) in [5.41, 5.74) is 6.71. The first-order chi connectivity index (χ1) is 15.7. The molecule has 4 N–H and O–H groups in total. The Morgan fingerprint density at radius 3 is 2.67 bits per heavy atom. The summed E-state index contributed by atoms with van der Waals surface area (Å²) < 4.78 is 34.1. The zero-order chi connectivity index (χ0) is 23.5. The molecule has 0 aliphatic carbocycles. The Labute approximate surface area is 188 Å². The molecule has 0 radical (unpaired) electrons. The molecule has 1 aliphatic rings. The molecule has 1 atom stereocenters. The fourth-order valence-electron chi connectivity index (χ4n) is 4.14. The van der Waals surface area contributed by atoms with Crippen LogP contribution in [0.3, 0.4) is 0 Å². The summed E-state index contributed by atoms with van der Waals surface area (Å²) in [6.45, 7) is 3.88. The minimum atomic E-state index is -4.03.